The van der Waals surface area contributed by atoms with E-state index in [1.54, 1.807) is 22.7 Å². The van der Waals surface area contributed by atoms with E-state index in [1.165, 1.54) is 9.75 Å². The van der Waals surface area contributed by atoms with E-state index < -0.39 is 0 Å². The van der Waals surface area contributed by atoms with Crippen LogP contribution in [-0.4, -0.2) is 5.11 Å². The van der Waals surface area contributed by atoms with Gasteiger partial charge in [-0.05, 0) is 30.0 Å². The molecule has 0 spiro atoms. The minimum Gasteiger partial charge on any atom is -0.388 e. The average molecular weight is 224 g/mol. The lowest BCUT2D eigenvalue weighted by atomic mass is 10.2. The summed E-state index contributed by atoms with van der Waals surface area (Å²) in [6, 6.07) is 8.27. The summed E-state index contributed by atoms with van der Waals surface area (Å²) in [7, 11) is 0. The highest BCUT2D eigenvalue weighted by Gasteiger charge is 2.09. The molecule has 74 valence electrons. The van der Waals surface area contributed by atoms with Crippen LogP contribution in [0.15, 0.2) is 29.6 Å². The Morgan fingerprint density at radius 1 is 1.29 bits per heavy atom. The fourth-order valence-corrected chi connectivity index (χ4v) is 3.20. The van der Waals surface area contributed by atoms with Gasteiger partial charge in [0.1, 0.15) is 0 Å². The molecule has 1 nitrogen and oxygen atoms in total. The van der Waals surface area contributed by atoms with Crippen molar-refractivity contribution in [2.24, 2.45) is 0 Å². The Balaban J connectivity index is 2.26. The van der Waals surface area contributed by atoms with Crippen LogP contribution < -0.4 is 0 Å². The van der Waals surface area contributed by atoms with E-state index in [1.807, 2.05) is 13.0 Å². The number of aliphatic hydroxyl groups excluding tert-OH is 1. The molecule has 0 aliphatic heterocycles. The van der Waals surface area contributed by atoms with Crippen LogP contribution in [0.4, 0.5) is 0 Å². The predicted molar refractivity (Wildman–Crippen MR) is 62.9 cm³/mol. The lowest BCUT2D eigenvalue weighted by Gasteiger charge is -2.02. The van der Waals surface area contributed by atoms with Gasteiger partial charge in [0.25, 0.3) is 0 Å². The highest BCUT2D eigenvalue weighted by molar-refractivity contribution is 7.21. The fraction of sp³-hybridized carbons (Fsp3) is 0.273. The van der Waals surface area contributed by atoms with Crippen molar-refractivity contribution in [3.05, 3.63) is 34.5 Å². The third kappa shape index (κ3) is 1.90. The van der Waals surface area contributed by atoms with Crippen molar-refractivity contribution >= 4 is 22.7 Å². The SMILES string of the molecule is CCC(O)c1ccc(-c2cccs2)s1. The molecule has 0 aromatic carbocycles. The molecular weight excluding hydrogens is 212 g/mol. The predicted octanol–water partition coefficient (Wildman–Crippen LogP) is 3.92. The van der Waals surface area contributed by atoms with Crippen molar-refractivity contribution in [2.75, 3.05) is 0 Å². The lowest BCUT2D eigenvalue weighted by molar-refractivity contribution is 0.177. The second-order valence-electron chi connectivity index (χ2n) is 3.10. The van der Waals surface area contributed by atoms with E-state index in [-0.39, 0.29) is 6.10 Å². The number of rotatable bonds is 3. The molecule has 0 amide bonds. The molecule has 0 bridgehead atoms. The molecule has 1 N–H and O–H groups in total. The molecule has 3 heteroatoms. The van der Waals surface area contributed by atoms with E-state index in [2.05, 4.69) is 23.6 Å². The largest absolute Gasteiger partial charge is 0.388 e. The van der Waals surface area contributed by atoms with Gasteiger partial charge in [0.15, 0.2) is 0 Å². The molecule has 2 heterocycles. The maximum absolute atomic E-state index is 9.65. The summed E-state index contributed by atoms with van der Waals surface area (Å²) in [6.07, 6.45) is 0.485. The maximum Gasteiger partial charge on any atom is 0.0879 e. The standard InChI is InChI=1S/C11H12OS2/c1-2-8(12)9-5-6-11(14-9)10-4-3-7-13-10/h3-8,12H,2H2,1H3. The third-order valence-corrected chi connectivity index (χ3v) is 4.36. The summed E-state index contributed by atoms with van der Waals surface area (Å²) in [6.45, 7) is 2.00. The zero-order chi connectivity index (χ0) is 9.97. The molecule has 2 aromatic rings. The van der Waals surface area contributed by atoms with Gasteiger partial charge in [0.05, 0.1) is 6.10 Å². The monoisotopic (exact) mass is 224 g/mol. The first-order valence-electron chi connectivity index (χ1n) is 4.63. The molecular formula is C11H12OS2. The quantitative estimate of drug-likeness (QED) is 0.837. The molecule has 2 aromatic heterocycles. The fourth-order valence-electron chi connectivity index (χ4n) is 1.28. The van der Waals surface area contributed by atoms with E-state index in [0.717, 1.165) is 11.3 Å². The summed E-state index contributed by atoms with van der Waals surface area (Å²) in [5.74, 6) is 0. The first-order chi connectivity index (χ1) is 6.81. The normalized spacial score (nSPS) is 13.0. The minimum absolute atomic E-state index is 0.297. The van der Waals surface area contributed by atoms with Gasteiger partial charge in [-0.25, -0.2) is 0 Å². The van der Waals surface area contributed by atoms with Crippen LogP contribution in [-0.2, 0) is 0 Å². The Labute approximate surface area is 91.7 Å². The third-order valence-electron chi connectivity index (χ3n) is 2.11. The molecule has 0 radical (unpaired) electrons. The van der Waals surface area contributed by atoms with E-state index in [0.29, 0.717) is 0 Å². The van der Waals surface area contributed by atoms with Crippen molar-refractivity contribution < 1.29 is 5.11 Å². The van der Waals surface area contributed by atoms with Crippen molar-refractivity contribution in [1.82, 2.24) is 0 Å². The van der Waals surface area contributed by atoms with E-state index in [9.17, 15) is 5.11 Å². The molecule has 0 saturated carbocycles. The Hall–Kier alpha value is -0.640. The van der Waals surface area contributed by atoms with Gasteiger partial charge in [-0.1, -0.05) is 13.0 Å². The van der Waals surface area contributed by atoms with Crippen LogP contribution in [0, 0.1) is 0 Å². The second-order valence-corrected chi connectivity index (χ2v) is 5.17. The van der Waals surface area contributed by atoms with Gasteiger partial charge in [-0.15, -0.1) is 22.7 Å². The first-order valence-corrected chi connectivity index (χ1v) is 6.32. The summed E-state index contributed by atoms with van der Waals surface area (Å²) >= 11 is 3.42. The molecule has 1 unspecified atom stereocenters. The van der Waals surface area contributed by atoms with Crippen molar-refractivity contribution in [1.29, 1.82) is 0 Å². The molecule has 1 atom stereocenters. The summed E-state index contributed by atoms with van der Waals surface area (Å²) in [5, 5.41) is 11.7. The molecule has 0 fully saturated rings. The van der Waals surface area contributed by atoms with Crippen molar-refractivity contribution in [3.8, 4) is 9.75 Å². The zero-order valence-electron chi connectivity index (χ0n) is 7.93. The number of aliphatic hydroxyl groups is 1. The second kappa shape index (κ2) is 4.26. The Morgan fingerprint density at radius 2 is 2.14 bits per heavy atom. The topological polar surface area (TPSA) is 20.2 Å². The Kier molecular flexibility index (Phi) is 3.01. The minimum atomic E-state index is -0.297. The van der Waals surface area contributed by atoms with Crippen LogP contribution >= 0.6 is 22.7 Å². The molecule has 2 rings (SSSR count). The summed E-state index contributed by atoms with van der Waals surface area (Å²) in [4.78, 5) is 3.60. The van der Waals surface area contributed by atoms with Gasteiger partial charge in [-0.2, -0.15) is 0 Å². The number of hydrogen-bond donors (Lipinski definition) is 1. The van der Waals surface area contributed by atoms with Gasteiger partial charge in [0, 0.05) is 14.6 Å². The smallest absolute Gasteiger partial charge is 0.0879 e. The Bertz CT molecular complexity index is 389. The van der Waals surface area contributed by atoms with Crippen molar-refractivity contribution in [3.63, 3.8) is 0 Å². The average Bonchev–Trinajstić information content (AvgIpc) is 2.86. The molecule has 14 heavy (non-hydrogen) atoms. The number of thiophene rings is 2. The van der Waals surface area contributed by atoms with Crippen LogP contribution in [0.5, 0.6) is 0 Å². The van der Waals surface area contributed by atoms with Crippen LogP contribution in [0.3, 0.4) is 0 Å². The number of hydrogen-bond acceptors (Lipinski definition) is 3. The van der Waals surface area contributed by atoms with Crippen LogP contribution in [0.1, 0.15) is 24.3 Å². The van der Waals surface area contributed by atoms with Gasteiger partial charge < -0.3 is 5.11 Å². The van der Waals surface area contributed by atoms with Crippen LogP contribution in [0.25, 0.3) is 9.75 Å². The molecule has 0 aliphatic carbocycles. The highest BCUT2D eigenvalue weighted by Crippen LogP contribution is 2.34. The Morgan fingerprint density at radius 3 is 2.79 bits per heavy atom. The molecule has 0 saturated heterocycles. The van der Waals surface area contributed by atoms with E-state index in [4.69, 9.17) is 0 Å². The van der Waals surface area contributed by atoms with Crippen molar-refractivity contribution in [2.45, 2.75) is 19.4 Å². The van der Waals surface area contributed by atoms with Gasteiger partial charge >= 0.3 is 0 Å². The summed E-state index contributed by atoms with van der Waals surface area (Å²) in [5.41, 5.74) is 0. The highest BCUT2D eigenvalue weighted by atomic mass is 32.1. The maximum atomic E-state index is 9.65. The molecule has 0 aliphatic rings. The van der Waals surface area contributed by atoms with Gasteiger partial charge in [-0.3, -0.25) is 0 Å². The van der Waals surface area contributed by atoms with E-state index >= 15 is 0 Å². The zero-order valence-corrected chi connectivity index (χ0v) is 9.57. The lowest BCUT2D eigenvalue weighted by Crippen LogP contribution is -1.89. The van der Waals surface area contributed by atoms with Gasteiger partial charge in [0.2, 0.25) is 0 Å². The first kappa shape index (κ1) is 9.90. The van der Waals surface area contributed by atoms with Crippen LogP contribution in [0.2, 0.25) is 0 Å². The summed E-state index contributed by atoms with van der Waals surface area (Å²) < 4.78 is 0.